The van der Waals surface area contributed by atoms with Crippen LogP contribution in [-0.2, 0) is 0 Å². The molecule has 4 aliphatic rings. The van der Waals surface area contributed by atoms with Gasteiger partial charge in [0, 0.05) is 0 Å². The van der Waals surface area contributed by atoms with E-state index in [1.54, 1.807) is 5.57 Å². The van der Waals surface area contributed by atoms with Gasteiger partial charge in [0.15, 0.2) is 0 Å². The maximum atomic E-state index is 11.0. The molecule has 0 aromatic carbocycles. The Bertz CT molecular complexity index is 655. The van der Waals surface area contributed by atoms with Crippen LogP contribution in [0.15, 0.2) is 11.6 Å². The average Bonchev–Trinajstić information content (AvgIpc) is 3.09. The van der Waals surface area contributed by atoms with Crippen LogP contribution in [0.5, 0.6) is 0 Å². The van der Waals surface area contributed by atoms with Gasteiger partial charge in [0.05, 0.1) is 11.7 Å². The van der Waals surface area contributed by atoms with E-state index in [9.17, 15) is 10.2 Å². The highest BCUT2D eigenvalue weighted by Crippen LogP contribution is 2.67. The molecule has 0 heterocycles. The second kappa shape index (κ2) is 8.22. The standard InChI is InChI=1S/C28H48O2/c1-6-21(29)10-8-19(3)23-12-13-24-22-11-9-20-18-28(30,7-2)17-16-26(20,4)25(22)14-15-27(23,24)5/h9,19,21-25,29-30H,6-8,10-18H2,1-5H3/t19-,21+,22+,23-,24+,25+,26+,27-,28+/m1/s1. The van der Waals surface area contributed by atoms with Crippen LogP contribution >= 0.6 is 0 Å². The Balaban J connectivity index is 1.51. The molecule has 30 heavy (non-hydrogen) atoms. The molecule has 0 spiro atoms. The zero-order chi connectivity index (χ0) is 21.7. The molecule has 172 valence electrons. The summed E-state index contributed by atoms with van der Waals surface area (Å²) < 4.78 is 0. The summed E-state index contributed by atoms with van der Waals surface area (Å²) in [6, 6.07) is 0. The lowest BCUT2D eigenvalue weighted by molar-refractivity contribution is -0.0757. The number of rotatable bonds is 6. The van der Waals surface area contributed by atoms with E-state index in [-0.39, 0.29) is 6.10 Å². The summed E-state index contributed by atoms with van der Waals surface area (Å²) in [6.07, 6.45) is 16.4. The van der Waals surface area contributed by atoms with Crippen LogP contribution in [-0.4, -0.2) is 21.9 Å². The van der Waals surface area contributed by atoms with Crippen LogP contribution in [0, 0.1) is 40.4 Å². The molecule has 4 rings (SSSR count). The summed E-state index contributed by atoms with van der Waals surface area (Å²) >= 11 is 0. The minimum absolute atomic E-state index is 0.108. The minimum atomic E-state index is -0.446. The van der Waals surface area contributed by atoms with Crippen molar-refractivity contribution >= 4 is 0 Å². The van der Waals surface area contributed by atoms with E-state index in [1.807, 2.05) is 0 Å². The van der Waals surface area contributed by atoms with E-state index in [4.69, 9.17) is 0 Å². The summed E-state index contributed by atoms with van der Waals surface area (Å²) in [4.78, 5) is 0. The number of aliphatic hydroxyl groups is 2. The Labute approximate surface area is 185 Å². The second-order valence-electron chi connectivity index (χ2n) is 12.4. The SMILES string of the molecule is CC[C@H](O)CC[C@@H](C)[C@H]1CC[C@H]2[C@@H]3CC=C4C[C@](O)(CC)CC[C@]4(C)[C@H]3CC[C@]12C. The first-order valence-electron chi connectivity index (χ1n) is 13.3. The lowest BCUT2D eigenvalue weighted by Gasteiger charge is -2.59. The fraction of sp³-hybridized carbons (Fsp3) is 0.929. The largest absolute Gasteiger partial charge is 0.393 e. The number of hydrogen-bond acceptors (Lipinski definition) is 2. The molecule has 0 bridgehead atoms. The smallest absolute Gasteiger partial charge is 0.0682 e. The monoisotopic (exact) mass is 416 g/mol. The summed E-state index contributed by atoms with van der Waals surface area (Å²) in [6.45, 7) is 11.9. The fourth-order valence-electron chi connectivity index (χ4n) is 8.85. The summed E-state index contributed by atoms with van der Waals surface area (Å²) in [5.41, 5.74) is 1.98. The molecular formula is C28H48O2. The molecule has 0 saturated heterocycles. The van der Waals surface area contributed by atoms with Crippen molar-refractivity contribution in [2.75, 3.05) is 0 Å². The maximum Gasteiger partial charge on any atom is 0.0682 e. The van der Waals surface area contributed by atoms with Crippen molar-refractivity contribution in [3.63, 3.8) is 0 Å². The van der Waals surface area contributed by atoms with Crippen LogP contribution in [0.25, 0.3) is 0 Å². The quantitative estimate of drug-likeness (QED) is 0.463. The number of fused-ring (bicyclic) bond motifs is 5. The average molecular weight is 417 g/mol. The van der Waals surface area contributed by atoms with Crippen molar-refractivity contribution in [2.45, 2.75) is 123 Å². The summed E-state index contributed by atoms with van der Waals surface area (Å²) in [5.74, 6) is 4.12. The van der Waals surface area contributed by atoms with Crippen molar-refractivity contribution in [1.29, 1.82) is 0 Å². The molecule has 4 aliphatic carbocycles. The predicted octanol–water partition coefficient (Wildman–Crippen LogP) is 6.89. The van der Waals surface area contributed by atoms with Crippen molar-refractivity contribution in [3.05, 3.63) is 11.6 Å². The topological polar surface area (TPSA) is 40.5 Å². The third-order valence-corrected chi connectivity index (χ3v) is 11.1. The van der Waals surface area contributed by atoms with Crippen LogP contribution in [0.1, 0.15) is 112 Å². The molecule has 0 unspecified atom stereocenters. The van der Waals surface area contributed by atoms with Gasteiger partial charge in [-0.05, 0) is 117 Å². The zero-order valence-corrected chi connectivity index (χ0v) is 20.4. The molecule has 0 aromatic heterocycles. The molecule has 9 atom stereocenters. The number of hydrogen-bond donors (Lipinski definition) is 2. The van der Waals surface area contributed by atoms with Gasteiger partial charge in [-0.25, -0.2) is 0 Å². The Morgan fingerprint density at radius 3 is 2.50 bits per heavy atom. The van der Waals surface area contributed by atoms with Gasteiger partial charge in [-0.3, -0.25) is 0 Å². The van der Waals surface area contributed by atoms with Gasteiger partial charge in [-0.2, -0.15) is 0 Å². The highest BCUT2D eigenvalue weighted by atomic mass is 16.3. The number of aliphatic hydroxyl groups excluding tert-OH is 1. The van der Waals surface area contributed by atoms with E-state index in [0.717, 1.165) is 61.7 Å². The highest BCUT2D eigenvalue weighted by Gasteiger charge is 2.59. The normalized spacial score (nSPS) is 47.6. The fourth-order valence-corrected chi connectivity index (χ4v) is 8.85. The molecule has 0 amide bonds. The van der Waals surface area contributed by atoms with Gasteiger partial charge in [0.2, 0.25) is 0 Å². The molecular weight excluding hydrogens is 368 g/mol. The van der Waals surface area contributed by atoms with Crippen molar-refractivity contribution in [1.82, 2.24) is 0 Å². The molecule has 0 aromatic rings. The zero-order valence-electron chi connectivity index (χ0n) is 20.4. The molecule has 3 saturated carbocycles. The van der Waals surface area contributed by atoms with Crippen LogP contribution in [0.2, 0.25) is 0 Å². The first-order chi connectivity index (χ1) is 14.2. The van der Waals surface area contributed by atoms with E-state index in [2.05, 4.69) is 40.7 Å². The lowest BCUT2D eigenvalue weighted by Crippen LogP contribution is -2.52. The molecule has 2 N–H and O–H groups in total. The van der Waals surface area contributed by atoms with Gasteiger partial charge < -0.3 is 10.2 Å². The van der Waals surface area contributed by atoms with Gasteiger partial charge in [-0.1, -0.05) is 46.3 Å². The van der Waals surface area contributed by atoms with Crippen molar-refractivity contribution in [2.24, 2.45) is 40.4 Å². The van der Waals surface area contributed by atoms with E-state index < -0.39 is 5.60 Å². The van der Waals surface area contributed by atoms with Gasteiger partial charge >= 0.3 is 0 Å². The number of allylic oxidation sites excluding steroid dienone is 1. The molecule has 2 heteroatoms. The Kier molecular flexibility index (Phi) is 6.26. The molecule has 2 nitrogen and oxygen atoms in total. The van der Waals surface area contributed by atoms with Gasteiger partial charge in [0.1, 0.15) is 0 Å². The van der Waals surface area contributed by atoms with Crippen LogP contribution in [0.4, 0.5) is 0 Å². The Hall–Kier alpha value is -0.340. The first kappa shape index (κ1) is 22.8. The van der Waals surface area contributed by atoms with Crippen LogP contribution in [0.3, 0.4) is 0 Å². The molecule has 0 radical (unpaired) electrons. The third-order valence-electron chi connectivity index (χ3n) is 11.1. The lowest BCUT2D eigenvalue weighted by atomic mass is 9.46. The van der Waals surface area contributed by atoms with Crippen molar-refractivity contribution in [3.8, 4) is 0 Å². The maximum absolute atomic E-state index is 11.0. The van der Waals surface area contributed by atoms with Crippen molar-refractivity contribution < 1.29 is 10.2 Å². The summed E-state index contributed by atoms with van der Waals surface area (Å²) in [5, 5.41) is 21.0. The van der Waals surface area contributed by atoms with Gasteiger partial charge in [0.25, 0.3) is 0 Å². The predicted molar refractivity (Wildman–Crippen MR) is 125 cm³/mol. The first-order valence-corrected chi connectivity index (χ1v) is 13.3. The van der Waals surface area contributed by atoms with Gasteiger partial charge in [-0.15, -0.1) is 0 Å². The van der Waals surface area contributed by atoms with Crippen LogP contribution < -0.4 is 0 Å². The minimum Gasteiger partial charge on any atom is -0.393 e. The molecule has 0 aliphatic heterocycles. The van der Waals surface area contributed by atoms with E-state index in [1.165, 1.54) is 44.9 Å². The van der Waals surface area contributed by atoms with E-state index >= 15 is 0 Å². The highest BCUT2D eigenvalue weighted by molar-refractivity contribution is 5.27. The summed E-state index contributed by atoms with van der Waals surface area (Å²) in [7, 11) is 0. The third kappa shape index (κ3) is 3.62. The second-order valence-corrected chi connectivity index (χ2v) is 12.4. The Morgan fingerprint density at radius 2 is 1.80 bits per heavy atom. The molecule has 3 fully saturated rings. The Morgan fingerprint density at radius 1 is 1.03 bits per heavy atom. The van der Waals surface area contributed by atoms with E-state index in [0.29, 0.717) is 10.8 Å².